The van der Waals surface area contributed by atoms with Crippen molar-refractivity contribution in [2.75, 3.05) is 5.32 Å². The van der Waals surface area contributed by atoms with Gasteiger partial charge in [-0.05, 0) is 29.3 Å². The molecule has 4 aromatic rings. The molecule has 30 heavy (non-hydrogen) atoms. The van der Waals surface area contributed by atoms with Crippen molar-refractivity contribution in [2.45, 2.75) is 0 Å². The minimum absolute atomic E-state index is 0.300. The maximum absolute atomic E-state index is 12.2. The van der Waals surface area contributed by atoms with Crippen LogP contribution in [0.1, 0.15) is 5.56 Å². The second-order valence-corrected chi connectivity index (χ2v) is 8.11. The molecule has 0 aliphatic rings. The molecule has 0 unspecified atom stereocenters. The number of hydrogen-bond donors (Lipinski definition) is 1. The third-order valence-electron chi connectivity index (χ3n) is 4.42. The van der Waals surface area contributed by atoms with Gasteiger partial charge in [-0.1, -0.05) is 83.9 Å². The van der Waals surface area contributed by atoms with Gasteiger partial charge in [-0.3, -0.25) is 10.1 Å². The van der Waals surface area contributed by atoms with Gasteiger partial charge in [0.25, 0.3) is 0 Å². The lowest BCUT2D eigenvalue weighted by Gasteiger charge is -2.03. The first-order valence-electron chi connectivity index (χ1n) is 9.14. The maximum atomic E-state index is 12.2. The van der Waals surface area contributed by atoms with E-state index in [4.69, 9.17) is 23.2 Å². The Balaban J connectivity index is 1.44. The Morgan fingerprint density at radius 2 is 1.47 bits per heavy atom. The number of carbonyl (C=O) groups is 1. The van der Waals surface area contributed by atoms with Crippen LogP contribution in [-0.4, -0.2) is 10.9 Å². The van der Waals surface area contributed by atoms with Crippen LogP contribution in [0, 0.1) is 0 Å². The summed E-state index contributed by atoms with van der Waals surface area (Å²) in [6.45, 7) is 0. The lowest BCUT2D eigenvalue weighted by Crippen LogP contribution is -2.07. The molecule has 0 aliphatic carbocycles. The van der Waals surface area contributed by atoms with Crippen molar-refractivity contribution in [2.24, 2.45) is 0 Å². The minimum Gasteiger partial charge on any atom is -0.298 e. The zero-order valence-electron chi connectivity index (χ0n) is 15.7. The highest BCUT2D eigenvalue weighted by molar-refractivity contribution is 7.14. The van der Waals surface area contributed by atoms with Gasteiger partial charge in [-0.25, -0.2) is 4.98 Å². The molecule has 0 saturated carbocycles. The summed E-state index contributed by atoms with van der Waals surface area (Å²) in [5, 5.41) is 6.19. The molecule has 3 aromatic carbocycles. The van der Waals surface area contributed by atoms with Gasteiger partial charge in [-0.2, -0.15) is 0 Å². The Bertz CT molecular complexity index is 1180. The molecule has 0 radical (unpaired) electrons. The molecule has 0 spiro atoms. The average molecular weight is 451 g/mol. The van der Waals surface area contributed by atoms with Crippen LogP contribution in [0.5, 0.6) is 0 Å². The van der Waals surface area contributed by atoms with E-state index in [1.807, 2.05) is 35.7 Å². The molecule has 1 amide bonds. The Kier molecular flexibility index (Phi) is 6.29. The second-order valence-electron chi connectivity index (χ2n) is 6.44. The molecule has 0 aliphatic heterocycles. The molecular weight excluding hydrogens is 435 g/mol. The first-order valence-corrected chi connectivity index (χ1v) is 10.8. The van der Waals surface area contributed by atoms with E-state index >= 15 is 0 Å². The summed E-state index contributed by atoms with van der Waals surface area (Å²) >= 11 is 13.6. The summed E-state index contributed by atoms with van der Waals surface area (Å²) in [7, 11) is 0. The number of hydrogen-bond acceptors (Lipinski definition) is 3. The molecule has 148 valence electrons. The summed E-state index contributed by atoms with van der Waals surface area (Å²) in [4.78, 5) is 16.8. The number of halogens is 2. The van der Waals surface area contributed by atoms with E-state index in [1.54, 1.807) is 24.3 Å². The number of rotatable bonds is 5. The number of anilines is 1. The highest BCUT2D eigenvalue weighted by Gasteiger charge is 2.08. The second kappa shape index (κ2) is 9.26. The molecule has 1 heterocycles. The molecule has 0 atom stereocenters. The van der Waals surface area contributed by atoms with Gasteiger partial charge in [0.15, 0.2) is 5.13 Å². The normalized spacial score (nSPS) is 11.0. The average Bonchev–Trinajstić information content (AvgIpc) is 3.22. The van der Waals surface area contributed by atoms with Gasteiger partial charge in [0, 0.05) is 32.6 Å². The van der Waals surface area contributed by atoms with Crippen LogP contribution < -0.4 is 5.32 Å². The third-order valence-corrected chi connectivity index (χ3v) is 5.84. The predicted octanol–water partition coefficient (Wildman–Crippen LogP) is 7.44. The van der Waals surface area contributed by atoms with Crippen molar-refractivity contribution in [3.05, 3.63) is 99.9 Å². The number of thiazole rings is 1. The number of benzene rings is 3. The Morgan fingerprint density at radius 1 is 0.833 bits per heavy atom. The lowest BCUT2D eigenvalue weighted by molar-refractivity contribution is -0.111. The highest BCUT2D eigenvalue weighted by Crippen LogP contribution is 2.28. The summed E-state index contributed by atoms with van der Waals surface area (Å²) in [6.07, 6.45) is 2.99. The molecular formula is C24H16Cl2N2OS. The zero-order chi connectivity index (χ0) is 20.9. The fourth-order valence-electron chi connectivity index (χ4n) is 2.90. The lowest BCUT2D eigenvalue weighted by atomic mass is 10.0. The van der Waals surface area contributed by atoms with Crippen LogP contribution in [0.4, 0.5) is 5.13 Å². The topological polar surface area (TPSA) is 42.0 Å². The molecule has 1 aromatic heterocycles. The zero-order valence-corrected chi connectivity index (χ0v) is 18.0. The van der Waals surface area contributed by atoms with Crippen LogP contribution >= 0.6 is 34.5 Å². The van der Waals surface area contributed by atoms with Gasteiger partial charge in [0.1, 0.15) is 0 Å². The third kappa shape index (κ3) is 4.79. The van der Waals surface area contributed by atoms with Gasteiger partial charge in [-0.15, -0.1) is 11.3 Å². The SMILES string of the molecule is O=C(/C=C/c1c(Cl)cccc1Cl)Nc1nc(-c2ccc(-c3ccccc3)cc2)cs1. The Hall–Kier alpha value is -2.92. The summed E-state index contributed by atoms with van der Waals surface area (Å²) in [5.41, 5.74) is 4.72. The van der Waals surface area contributed by atoms with E-state index in [2.05, 4.69) is 34.6 Å². The Labute approximate surface area is 188 Å². The largest absolute Gasteiger partial charge is 0.298 e. The van der Waals surface area contributed by atoms with Crippen molar-refractivity contribution >= 4 is 51.7 Å². The van der Waals surface area contributed by atoms with E-state index in [1.165, 1.54) is 23.0 Å². The van der Waals surface area contributed by atoms with Crippen molar-refractivity contribution in [1.82, 2.24) is 4.98 Å². The molecule has 6 heteroatoms. The van der Waals surface area contributed by atoms with E-state index in [-0.39, 0.29) is 5.91 Å². The fraction of sp³-hybridized carbons (Fsp3) is 0. The van der Waals surface area contributed by atoms with Crippen LogP contribution in [0.25, 0.3) is 28.5 Å². The standard InChI is InChI=1S/C24H16Cl2N2OS/c25-20-7-4-8-21(26)19(20)13-14-23(29)28-24-27-22(15-30-24)18-11-9-17(10-12-18)16-5-2-1-3-6-16/h1-15H,(H,27,28,29)/b14-13+. The molecule has 4 rings (SSSR count). The molecule has 3 nitrogen and oxygen atoms in total. The first-order chi connectivity index (χ1) is 14.6. The van der Waals surface area contributed by atoms with Crippen LogP contribution in [-0.2, 0) is 4.79 Å². The van der Waals surface area contributed by atoms with E-state index in [9.17, 15) is 4.79 Å². The summed E-state index contributed by atoms with van der Waals surface area (Å²) < 4.78 is 0. The summed E-state index contributed by atoms with van der Waals surface area (Å²) in [5.74, 6) is -0.300. The number of nitrogens with zero attached hydrogens (tertiary/aromatic N) is 1. The number of carbonyl (C=O) groups excluding carboxylic acids is 1. The molecule has 0 saturated heterocycles. The van der Waals surface area contributed by atoms with Gasteiger partial charge >= 0.3 is 0 Å². The van der Waals surface area contributed by atoms with Crippen molar-refractivity contribution < 1.29 is 4.79 Å². The highest BCUT2D eigenvalue weighted by atomic mass is 35.5. The summed E-state index contributed by atoms with van der Waals surface area (Å²) in [6, 6.07) is 23.6. The van der Waals surface area contributed by atoms with Crippen molar-refractivity contribution in [1.29, 1.82) is 0 Å². The number of aromatic nitrogens is 1. The molecule has 1 N–H and O–H groups in total. The van der Waals surface area contributed by atoms with Gasteiger partial charge in [0.2, 0.25) is 5.91 Å². The van der Waals surface area contributed by atoms with E-state index < -0.39 is 0 Å². The van der Waals surface area contributed by atoms with Crippen LogP contribution in [0.2, 0.25) is 10.0 Å². The fourth-order valence-corrected chi connectivity index (χ4v) is 4.15. The number of nitrogens with one attached hydrogen (secondary N) is 1. The quantitative estimate of drug-likeness (QED) is 0.321. The minimum atomic E-state index is -0.300. The van der Waals surface area contributed by atoms with Gasteiger partial charge in [0.05, 0.1) is 5.69 Å². The van der Waals surface area contributed by atoms with E-state index in [0.29, 0.717) is 20.7 Å². The molecule has 0 bridgehead atoms. The van der Waals surface area contributed by atoms with Crippen LogP contribution in [0.15, 0.2) is 84.3 Å². The van der Waals surface area contributed by atoms with Crippen molar-refractivity contribution in [3.63, 3.8) is 0 Å². The van der Waals surface area contributed by atoms with Crippen LogP contribution in [0.3, 0.4) is 0 Å². The Morgan fingerprint density at radius 3 is 2.17 bits per heavy atom. The van der Waals surface area contributed by atoms with Gasteiger partial charge < -0.3 is 0 Å². The molecule has 0 fully saturated rings. The first kappa shape index (κ1) is 20.4. The number of amides is 1. The predicted molar refractivity (Wildman–Crippen MR) is 127 cm³/mol. The maximum Gasteiger partial charge on any atom is 0.250 e. The van der Waals surface area contributed by atoms with E-state index in [0.717, 1.165) is 16.8 Å². The van der Waals surface area contributed by atoms with Crippen molar-refractivity contribution in [3.8, 4) is 22.4 Å². The smallest absolute Gasteiger partial charge is 0.250 e. The monoisotopic (exact) mass is 450 g/mol.